The van der Waals surface area contributed by atoms with Crippen molar-refractivity contribution in [2.75, 3.05) is 14.2 Å². The van der Waals surface area contributed by atoms with Gasteiger partial charge in [0, 0.05) is 13.0 Å². The lowest BCUT2D eigenvalue weighted by Gasteiger charge is -2.09. The van der Waals surface area contributed by atoms with E-state index in [1.54, 1.807) is 12.1 Å². The van der Waals surface area contributed by atoms with Gasteiger partial charge in [0.25, 0.3) is 0 Å². The molecule has 0 saturated heterocycles. The minimum atomic E-state index is -0.660. The highest BCUT2D eigenvalue weighted by Gasteiger charge is 2.16. The summed E-state index contributed by atoms with van der Waals surface area (Å²) in [5.41, 5.74) is -0.409. The van der Waals surface area contributed by atoms with Gasteiger partial charge >= 0.3 is 11.6 Å². The summed E-state index contributed by atoms with van der Waals surface area (Å²) in [4.78, 5) is 22.6. The largest absolute Gasteiger partial charge is 0.492 e. The van der Waals surface area contributed by atoms with E-state index >= 15 is 0 Å². The Morgan fingerprint density at radius 3 is 2.42 bits per heavy atom. The molecule has 0 unspecified atom stereocenters. The van der Waals surface area contributed by atoms with E-state index in [0.717, 1.165) is 0 Å². The third-order valence-electron chi connectivity index (χ3n) is 2.46. The zero-order chi connectivity index (χ0) is 14.0. The van der Waals surface area contributed by atoms with Crippen LogP contribution >= 0.6 is 0 Å². The van der Waals surface area contributed by atoms with Crippen molar-refractivity contribution in [2.24, 2.45) is 0 Å². The second kappa shape index (κ2) is 5.01. The van der Waals surface area contributed by atoms with E-state index in [0.29, 0.717) is 5.39 Å². The minimum absolute atomic E-state index is 0.00441. The molecule has 0 bridgehead atoms. The molecule has 0 radical (unpaired) electrons. The lowest BCUT2D eigenvalue weighted by molar-refractivity contribution is -0.131. The molecule has 1 aromatic carbocycles. The van der Waals surface area contributed by atoms with Crippen LogP contribution in [0.15, 0.2) is 27.4 Å². The van der Waals surface area contributed by atoms with Crippen LogP contribution in [0.5, 0.6) is 17.2 Å². The second-order valence-corrected chi connectivity index (χ2v) is 3.71. The van der Waals surface area contributed by atoms with Crippen molar-refractivity contribution in [3.05, 3.63) is 28.6 Å². The van der Waals surface area contributed by atoms with Gasteiger partial charge in [0.2, 0.25) is 5.75 Å². The minimum Gasteiger partial charge on any atom is -0.492 e. The Hall–Kier alpha value is -2.50. The Kier molecular flexibility index (Phi) is 3.41. The van der Waals surface area contributed by atoms with Crippen molar-refractivity contribution in [3.8, 4) is 17.2 Å². The van der Waals surface area contributed by atoms with Gasteiger partial charge in [0.1, 0.15) is 11.3 Å². The van der Waals surface area contributed by atoms with E-state index in [2.05, 4.69) is 0 Å². The molecule has 0 spiro atoms. The number of hydrogen-bond donors (Lipinski definition) is 0. The van der Waals surface area contributed by atoms with E-state index in [9.17, 15) is 9.59 Å². The fourth-order valence-corrected chi connectivity index (χ4v) is 1.74. The number of fused-ring (bicyclic) bond motifs is 1. The van der Waals surface area contributed by atoms with Crippen LogP contribution in [0.25, 0.3) is 11.0 Å². The summed E-state index contributed by atoms with van der Waals surface area (Å²) in [6.45, 7) is 1.29. The molecule has 0 saturated carbocycles. The Labute approximate surface area is 108 Å². The van der Waals surface area contributed by atoms with Crippen LogP contribution in [0.2, 0.25) is 0 Å². The van der Waals surface area contributed by atoms with Crippen molar-refractivity contribution in [3.63, 3.8) is 0 Å². The van der Waals surface area contributed by atoms with Gasteiger partial charge in [-0.05, 0) is 12.1 Å². The molecular weight excluding hydrogens is 252 g/mol. The zero-order valence-corrected chi connectivity index (χ0v) is 10.7. The smallest absolute Gasteiger partial charge is 0.383 e. The fraction of sp³-hybridized carbons (Fsp3) is 0.231. The van der Waals surface area contributed by atoms with Gasteiger partial charge in [-0.15, -0.1) is 0 Å². The molecule has 0 amide bonds. The first-order valence-electron chi connectivity index (χ1n) is 5.44. The summed E-state index contributed by atoms with van der Waals surface area (Å²) < 4.78 is 20.1. The second-order valence-electron chi connectivity index (χ2n) is 3.71. The molecule has 6 heteroatoms. The quantitative estimate of drug-likeness (QED) is 0.477. The third-order valence-corrected chi connectivity index (χ3v) is 2.46. The summed E-state index contributed by atoms with van der Waals surface area (Å²) in [6, 6.07) is 4.64. The maximum atomic E-state index is 11.7. The predicted octanol–water partition coefficient (Wildman–Crippen LogP) is 1.74. The maximum Gasteiger partial charge on any atom is 0.383 e. The van der Waals surface area contributed by atoms with E-state index in [1.807, 2.05) is 0 Å². The Balaban J connectivity index is 2.68. The summed E-state index contributed by atoms with van der Waals surface area (Å²) in [7, 11) is 2.78. The molecule has 0 aliphatic heterocycles. The highest BCUT2D eigenvalue weighted by molar-refractivity contribution is 5.87. The highest BCUT2D eigenvalue weighted by Crippen LogP contribution is 2.33. The van der Waals surface area contributed by atoms with Gasteiger partial charge < -0.3 is 18.6 Å². The van der Waals surface area contributed by atoms with Crippen molar-refractivity contribution >= 4 is 16.9 Å². The van der Waals surface area contributed by atoms with Crippen LogP contribution in [0.1, 0.15) is 6.92 Å². The molecule has 0 N–H and O–H groups in total. The average molecular weight is 264 g/mol. The van der Waals surface area contributed by atoms with Crippen LogP contribution in [0.3, 0.4) is 0 Å². The SMILES string of the molecule is COc1c(OC)c2ccc(OC(C)=O)cc2oc1=O. The molecule has 1 aromatic heterocycles. The van der Waals surface area contributed by atoms with Gasteiger partial charge in [-0.1, -0.05) is 0 Å². The van der Waals surface area contributed by atoms with E-state index in [1.165, 1.54) is 27.2 Å². The molecule has 0 aliphatic rings. The summed E-state index contributed by atoms with van der Waals surface area (Å²) in [6.07, 6.45) is 0. The van der Waals surface area contributed by atoms with Crippen molar-refractivity contribution < 1.29 is 23.4 Å². The number of carbonyl (C=O) groups is 1. The summed E-state index contributed by atoms with van der Waals surface area (Å²) in [5, 5.41) is 0.551. The topological polar surface area (TPSA) is 75.0 Å². The number of hydrogen-bond acceptors (Lipinski definition) is 6. The molecule has 0 aliphatic carbocycles. The number of ether oxygens (including phenoxy) is 3. The van der Waals surface area contributed by atoms with Crippen LogP contribution in [0, 0.1) is 0 Å². The molecule has 2 rings (SSSR count). The third kappa shape index (κ3) is 2.37. The lowest BCUT2D eigenvalue weighted by Crippen LogP contribution is -2.07. The standard InChI is InChI=1S/C13H12O6/c1-7(14)18-8-4-5-9-10(6-8)19-13(15)12(17-3)11(9)16-2/h4-6H,1-3H3. The normalized spacial score (nSPS) is 10.3. The molecule has 2 aromatic rings. The number of rotatable bonds is 3. The van der Waals surface area contributed by atoms with Gasteiger partial charge in [-0.3, -0.25) is 4.79 Å². The zero-order valence-electron chi connectivity index (χ0n) is 10.7. The van der Waals surface area contributed by atoms with Gasteiger partial charge in [-0.2, -0.15) is 0 Å². The first kappa shape index (κ1) is 12.9. The van der Waals surface area contributed by atoms with E-state index in [4.69, 9.17) is 18.6 Å². The lowest BCUT2D eigenvalue weighted by atomic mass is 10.2. The van der Waals surface area contributed by atoms with Crippen molar-refractivity contribution in [2.45, 2.75) is 6.92 Å². The summed E-state index contributed by atoms with van der Waals surface area (Å²) in [5.74, 6) is 0.107. The molecule has 0 fully saturated rings. The number of carbonyl (C=O) groups excluding carboxylic acids is 1. The Morgan fingerprint density at radius 1 is 1.16 bits per heavy atom. The molecule has 6 nitrogen and oxygen atoms in total. The molecule has 1 heterocycles. The number of methoxy groups -OCH3 is 2. The van der Waals surface area contributed by atoms with Crippen LogP contribution in [-0.4, -0.2) is 20.2 Å². The Morgan fingerprint density at radius 2 is 1.84 bits per heavy atom. The monoisotopic (exact) mass is 264 g/mol. The first-order valence-corrected chi connectivity index (χ1v) is 5.44. The van der Waals surface area contributed by atoms with Gasteiger partial charge in [0.15, 0.2) is 5.75 Å². The van der Waals surface area contributed by atoms with Crippen LogP contribution < -0.4 is 19.8 Å². The first-order chi connectivity index (χ1) is 9.06. The van der Waals surface area contributed by atoms with E-state index < -0.39 is 11.6 Å². The van der Waals surface area contributed by atoms with E-state index in [-0.39, 0.29) is 22.8 Å². The maximum absolute atomic E-state index is 11.7. The predicted molar refractivity (Wildman–Crippen MR) is 66.9 cm³/mol. The van der Waals surface area contributed by atoms with Crippen molar-refractivity contribution in [1.29, 1.82) is 0 Å². The average Bonchev–Trinajstić information content (AvgIpc) is 2.36. The molecule has 19 heavy (non-hydrogen) atoms. The highest BCUT2D eigenvalue weighted by atomic mass is 16.5. The summed E-state index contributed by atoms with van der Waals surface area (Å²) >= 11 is 0. The van der Waals surface area contributed by atoms with Gasteiger partial charge in [-0.25, -0.2) is 4.79 Å². The number of esters is 1. The Bertz CT molecular complexity index is 685. The van der Waals surface area contributed by atoms with Crippen molar-refractivity contribution in [1.82, 2.24) is 0 Å². The molecule has 100 valence electrons. The van der Waals surface area contributed by atoms with Gasteiger partial charge in [0.05, 0.1) is 19.6 Å². The number of benzene rings is 1. The molecule has 0 atom stereocenters. The molecular formula is C13H12O6. The van der Waals surface area contributed by atoms with Crippen LogP contribution in [-0.2, 0) is 4.79 Å². The fourth-order valence-electron chi connectivity index (χ4n) is 1.74. The van der Waals surface area contributed by atoms with Crippen LogP contribution in [0.4, 0.5) is 0 Å².